The number of hydrogen-bond donors (Lipinski definition) is 2. The van der Waals surface area contributed by atoms with Crippen molar-refractivity contribution < 1.29 is 4.74 Å². The number of ether oxygens (including phenoxy) is 1. The maximum Gasteiger partial charge on any atom is 0.190 e. The molecule has 1 rings (SSSR count). The second kappa shape index (κ2) is 11.1. The highest BCUT2D eigenvalue weighted by Gasteiger charge is 2.11. The van der Waals surface area contributed by atoms with E-state index in [1.54, 1.807) is 7.11 Å². The second-order valence-electron chi connectivity index (χ2n) is 5.44. The highest BCUT2D eigenvalue weighted by atomic mass is 16.5. The van der Waals surface area contributed by atoms with Gasteiger partial charge in [0.1, 0.15) is 0 Å². The van der Waals surface area contributed by atoms with Crippen molar-refractivity contribution in [1.82, 2.24) is 10.6 Å². The maximum absolute atomic E-state index is 5.04. The van der Waals surface area contributed by atoms with E-state index in [1.165, 1.54) is 44.9 Å². The van der Waals surface area contributed by atoms with Gasteiger partial charge in [0, 0.05) is 33.9 Å². The predicted molar refractivity (Wildman–Crippen MR) is 81.7 cm³/mol. The molecular formula is C15H31N3O. The van der Waals surface area contributed by atoms with E-state index in [2.05, 4.69) is 15.6 Å². The van der Waals surface area contributed by atoms with Crippen molar-refractivity contribution in [2.45, 2.75) is 51.4 Å². The number of rotatable bonds is 6. The van der Waals surface area contributed by atoms with Gasteiger partial charge in [-0.05, 0) is 25.2 Å². The summed E-state index contributed by atoms with van der Waals surface area (Å²) < 4.78 is 5.04. The Kier molecular flexibility index (Phi) is 9.51. The van der Waals surface area contributed by atoms with E-state index >= 15 is 0 Å². The van der Waals surface area contributed by atoms with Gasteiger partial charge >= 0.3 is 0 Å². The van der Waals surface area contributed by atoms with E-state index < -0.39 is 0 Å². The summed E-state index contributed by atoms with van der Waals surface area (Å²) in [5.41, 5.74) is 0. The van der Waals surface area contributed by atoms with E-state index in [1.807, 2.05) is 7.05 Å². The molecule has 1 saturated carbocycles. The first-order valence-electron chi connectivity index (χ1n) is 7.80. The van der Waals surface area contributed by atoms with Gasteiger partial charge in [-0.3, -0.25) is 4.99 Å². The van der Waals surface area contributed by atoms with Gasteiger partial charge in [0.25, 0.3) is 0 Å². The number of methoxy groups -OCH3 is 1. The first-order valence-corrected chi connectivity index (χ1v) is 7.80. The molecule has 2 N–H and O–H groups in total. The fourth-order valence-corrected chi connectivity index (χ4v) is 2.63. The van der Waals surface area contributed by atoms with Crippen LogP contribution in [0.25, 0.3) is 0 Å². The molecule has 0 atom stereocenters. The van der Waals surface area contributed by atoms with Crippen LogP contribution in [0, 0.1) is 5.92 Å². The quantitative estimate of drug-likeness (QED) is 0.442. The summed E-state index contributed by atoms with van der Waals surface area (Å²) in [6, 6.07) is 0. The Morgan fingerprint density at radius 3 is 2.42 bits per heavy atom. The molecule has 112 valence electrons. The van der Waals surface area contributed by atoms with Gasteiger partial charge in [0.2, 0.25) is 0 Å². The highest BCUT2D eigenvalue weighted by molar-refractivity contribution is 5.79. The minimum atomic E-state index is 0.798. The molecule has 1 fully saturated rings. The van der Waals surface area contributed by atoms with Crippen LogP contribution in [-0.4, -0.2) is 39.8 Å². The Morgan fingerprint density at radius 1 is 1.11 bits per heavy atom. The van der Waals surface area contributed by atoms with Gasteiger partial charge < -0.3 is 15.4 Å². The normalized spacial score (nSPS) is 18.7. The first-order chi connectivity index (χ1) is 9.36. The summed E-state index contributed by atoms with van der Waals surface area (Å²) in [5.74, 6) is 1.75. The lowest BCUT2D eigenvalue weighted by molar-refractivity contribution is 0.195. The zero-order valence-electron chi connectivity index (χ0n) is 12.7. The van der Waals surface area contributed by atoms with Crippen LogP contribution >= 0.6 is 0 Å². The Balaban J connectivity index is 2.16. The SMILES string of the molecule is CN=C(NCCCOC)NCC1CCCCCCC1. The molecule has 0 aliphatic heterocycles. The lowest BCUT2D eigenvalue weighted by Crippen LogP contribution is -2.40. The molecule has 0 spiro atoms. The standard InChI is InChI=1S/C15H31N3O/c1-16-15(17-11-8-12-19-2)18-13-14-9-6-4-3-5-7-10-14/h14H,3-13H2,1-2H3,(H2,16,17,18). The van der Waals surface area contributed by atoms with Crippen LogP contribution in [0.2, 0.25) is 0 Å². The summed E-state index contributed by atoms with van der Waals surface area (Å²) in [5, 5.41) is 6.79. The van der Waals surface area contributed by atoms with Crippen molar-refractivity contribution in [3.05, 3.63) is 0 Å². The molecule has 0 heterocycles. The van der Waals surface area contributed by atoms with Crippen LogP contribution in [0.5, 0.6) is 0 Å². The molecule has 0 amide bonds. The molecule has 0 radical (unpaired) electrons. The monoisotopic (exact) mass is 269 g/mol. The summed E-state index contributed by atoms with van der Waals surface area (Å²) in [4.78, 5) is 4.27. The number of aliphatic imine (C=N–C) groups is 1. The van der Waals surface area contributed by atoms with Crippen molar-refractivity contribution in [1.29, 1.82) is 0 Å². The zero-order valence-corrected chi connectivity index (χ0v) is 12.7. The van der Waals surface area contributed by atoms with Gasteiger partial charge in [-0.2, -0.15) is 0 Å². The second-order valence-corrected chi connectivity index (χ2v) is 5.44. The van der Waals surface area contributed by atoms with Crippen LogP contribution in [0.1, 0.15) is 51.4 Å². The number of nitrogens with one attached hydrogen (secondary N) is 2. The van der Waals surface area contributed by atoms with Gasteiger partial charge in [-0.15, -0.1) is 0 Å². The maximum atomic E-state index is 5.04. The van der Waals surface area contributed by atoms with E-state index in [4.69, 9.17) is 4.74 Å². The molecule has 0 unspecified atom stereocenters. The lowest BCUT2D eigenvalue weighted by atomic mass is 9.91. The van der Waals surface area contributed by atoms with Gasteiger partial charge in [0.05, 0.1) is 0 Å². The molecule has 1 aliphatic carbocycles. The Hall–Kier alpha value is -0.770. The van der Waals surface area contributed by atoms with Crippen LogP contribution in [0.15, 0.2) is 4.99 Å². The van der Waals surface area contributed by atoms with Crippen LogP contribution < -0.4 is 10.6 Å². The fourth-order valence-electron chi connectivity index (χ4n) is 2.63. The number of nitrogens with zero attached hydrogens (tertiary/aromatic N) is 1. The van der Waals surface area contributed by atoms with Gasteiger partial charge in [0.15, 0.2) is 5.96 Å². The summed E-state index contributed by atoms with van der Waals surface area (Å²) in [7, 11) is 3.57. The average Bonchev–Trinajstić information content (AvgIpc) is 2.39. The minimum Gasteiger partial charge on any atom is -0.385 e. The van der Waals surface area contributed by atoms with Crippen LogP contribution in [-0.2, 0) is 4.74 Å². The van der Waals surface area contributed by atoms with E-state index in [9.17, 15) is 0 Å². The highest BCUT2D eigenvalue weighted by Crippen LogP contribution is 2.21. The first kappa shape index (κ1) is 16.3. The summed E-state index contributed by atoms with van der Waals surface area (Å²) >= 11 is 0. The van der Waals surface area contributed by atoms with E-state index in [0.717, 1.165) is 38.0 Å². The third-order valence-corrected chi connectivity index (χ3v) is 3.82. The van der Waals surface area contributed by atoms with E-state index in [-0.39, 0.29) is 0 Å². The molecule has 4 nitrogen and oxygen atoms in total. The van der Waals surface area contributed by atoms with Gasteiger partial charge in [-0.1, -0.05) is 32.1 Å². The third kappa shape index (κ3) is 8.09. The zero-order chi connectivity index (χ0) is 13.8. The topological polar surface area (TPSA) is 45.7 Å². The van der Waals surface area contributed by atoms with E-state index in [0.29, 0.717) is 0 Å². The predicted octanol–water partition coefficient (Wildman–Crippen LogP) is 2.55. The van der Waals surface area contributed by atoms with Crippen molar-refractivity contribution in [2.75, 3.05) is 33.9 Å². The van der Waals surface area contributed by atoms with Crippen molar-refractivity contribution in [2.24, 2.45) is 10.9 Å². The molecule has 0 aromatic rings. The average molecular weight is 269 g/mol. The smallest absolute Gasteiger partial charge is 0.190 e. The molecule has 0 aromatic heterocycles. The van der Waals surface area contributed by atoms with Crippen molar-refractivity contribution in [3.63, 3.8) is 0 Å². The number of guanidine groups is 1. The van der Waals surface area contributed by atoms with Crippen molar-refractivity contribution in [3.8, 4) is 0 Å². The Labute approximate surface area is 118 Å². The Bertz CT molecular complexity index is 236. The van der Waals surface area contributed by atoms with Crippen LogP contribution in [0.3, 0.4) is 0 Å². The molecule has 0 saturated heterocycles. The Morgan fingerprint density at radius 2 is 1.79 bits per heavy atom. The molecule has 0 bridgehead atoms. The summed E-state index contributed by atoms with van der Waals surface area (Å²) in [6.45, 7) is 2.77. The molecule has 1 aliphatic rings. The minimum absolute atomic E-state index is 0.798. The molecule has 4 heteroatoms. The third-order valence-electron chi connectivity index (χ3n) is 3.82. The molecule has 19 heavy (non-hydrogen) atoms. The molecule has 0 aromatic carbocycles. The lowest BCUT2D eigenvalue weighted by Gasteiger charge is -2.21. The largest absolute Gasteiger partial charge is 0.385 e. The summed E-state index contributed by atoms with van der Waals surface area (Å²) in [6.07, 6.45) is 10.8. The fraction of sp³-hybridized carbons (Fsp3) is 0.933. The van der Waals surface area contributed by atoms with Crippen LogP contribution in [0.4, 0.5) is 0 Å². The van der Waals surface area contributed by atoms with Gasteiger partial charge in [-0.25, -0.2) is 0 Å². The number of hydrogen-bond acceptors (Lipinski definition) is 2. The van der Waals surface area contributed by atoms with Crippen molar-refractivity contribution >= 4 is 5.96 Å². The molecular weight excluding hydrogens is 238 g/mol.